The van der Waals surface area contributed by atoms with Gasteiger partial charge in [-0.1, -0.05) is 12.1 Å². The van der Waals surface area contributed by atoms with E-state index in [0.717, 1.165) is 37.4 Å². The standard InChI is InChI=1S/C15H22N4O2/c1-16-14(20)10-12-2-4-13(5-3-12)18-15(21)11-19-8-6-17-7-9-19/h2-5,17H,6-11H2,1H3,(H,16,20)(H,18,21). The highest BCUT2D eigenvalue weighted by atomic mass is 16.2. The summed E-state index contributed by atoms with van der Waals surface area (Å²) in [5.74, 6) is -0.0264. The highest BCUT2D eigenvalue weighted by Gasteiger charge is 2.13. The number of benzene rings is 1. The fourth-order valence-corrected chi connectivity index (χ4v) is 2.25. The van der Waals surface area contributed by atoms with Crippen LogP contribution in [0.25, 0.3) is 0 Å². The van der Waals surface area contributed by atoms with Crippen molar-refractivity contribution in [2.45, 2.75) is 6.42 Å². The van der Waals surface area contributed by atoms with Crippen LogP contribution in [0.15, 0.2) is 24.3 Å². The summed E-state index contributed by atoms with van der Waals surface area (Å²) in [6.07, 6.45) is 0.353. The first-order chi connectivity index (χ1) is 10.2. The maximum Gasteiger partial charge on any atom is 0.238 e. The normalized spacial score (nSPS) is 15.5. The molecule has 1 aromatic rings. The lowest BCUT2D eigenvalue weighted by molar-refractivity contribution is -0.120. The van der Waals surface area contributed by atoms with Crippen LogP contribution in [-0.4, -0.2) is 56.5 Å². The van der Waals surface area contributed by atoms with Gasteiger partial charge in [0.15, 0.2) is 0 Å². The summed E-state index contributed by atoms with van der Waals surface area (Å²) >= 11 is 0. The number of nitrogens with one attached hydrogen (secondary N) is 3. The van der Waals surface area contributed by atoms with Crippen LogP contribution in [0.1, 0.15) is 5.56 Å². The molecule has 1 aliphatic rings. The molecule has 21 heavy (non-hydrogen) atoms. The summed E-state index contributed by atoms with van der Waals surface area (Å²) in [5, 5.41) is 8.73. The molecule has 1 heterocycles. The summed E-state index contributed by atoms with van der Waals surface area (Å²) in [5.41, 5.74) is 1.69. The molecule has 3 N–H and O–H groups in total. The predicted molar refractivity (Wildman–Crippen MR) is 82.2 cm³/mol. The Morgan fingerprint density at radius 3 is 2.43 bits per heavy atom. The molecule has 0 atom stereocenters. The van der Waals surface area contributed by atoms with E-state index in [1.54, 1.807) is 7.05 Å². The van der Waals surface area contributed by atoms with Crippen LogP contribution in [0.4, 0.5) is 5.69 Å². The Labute approximate surface area is 124 Å². The lowest BCUT2D eigenvalue weighted by Gasteiger charge is -2.26. The zero-order chi connectivity index (χ0) is 15.1. The molecule has 0 unspecified atom stereocenters. The smallest absolute Gasteiger partial charge is 0.238 e. The largest absolute Gasteiger partial charge is 0.359 e. The van der Waals surface area contributed by atoms with Gasteiger partial charge in [-0.3, -0.25) is 14.5 Å². The highest BCUT2D eigenvalue weighted by molar-refractivity contribution is 5.92. The number of hydrogen-bond acceptors (Lipinski definition) is 4. The van der Waals surface area contributed by atoms with E-state index in [4.69, 9.17) is 0 Å². The minimum absolute atomic E-state index is 0.00375. The molecular formula is C15H22N4O2. The summed E-state index contributed by atoms with van der Waals surface area (Å²) in [6.45, 7) is 4.08. The summed E-state index contributed by atoms with van der Waals surface area (Å²) < 4.78 is 0. The first-order valence-electron chi connectivity index (χ1n) is 7.20. The molecule has 1 saturated heterocycles. The molecule has 1 aromatic carbocycles. The third-order valence-electron chi connectivity index (χ3n) is 3.46. The van der Waals surface area contributed by atoms with Gasteiger partial charge in [0, 0.05) is 38.9 Å². The Balaban J connectivity index is 1.81. The lowest BCUT2D eigenvalue weighted by atomic mass is 10.1. The second kappa shape index (κ2) is 7.75. The summed E-state index contributed by atoms with van der Waals surface area (Å²) in [6, 6.07) is 7.37. The molecule has 2 amide bonds. The second-order valence-electron chi connectivity index (χ2n) is 5.12. The van der Waals surface area contributed by atoms with E-state index in [2.05, 4.69) is 20.9 Å². The van der Waals surface area contributed by atoms with Crippen molar-refractivity contribution in [3.05, 3.63) is 29.8 Å². The molecule has 114 valence electrons. The predicted octanol–water partition coefficient (Wildman–Crippen LogP) is -0.181. The van der Waals surface area contributed by atoms with E-state index < -0.39 is 0 Å². The van der Waals surface area contributed by atoms with Crippen molar-refractivity contribution in [3.8, 4) is 0 Å². The van der Waals surface area contributed by atoms with E-state index >= 15 is 0 Å². The van der Waals surface area contributed by atoms with Crippen LogP contribution >= 0.6 is 0 Å². The number of amides is 2. The number of carbonyl (C=O) groups excluding carboxylic acids is 2. The highest BCUT2D eigenvalue weighted by Crippen LogP contribution is 2.10. The Kier molecular flexibility index (Phi) is 5.71. The van der Waals surface area contributed by atoms with Gasteiger partial charge < -0.3 is 16.0 Å². The molecule has 0 aromatic heterocycles. The number of hydrogen-bond donors (Lipinski definition) is 3. The average molecular weight is 290 g/mol. The van der Waals surface area contributed by atoms with Crippen LogP contribution in [0, 0.1) is 0 Å². The van der Waals surface area contributed by atoms with Crippen molar-refractivity contribution in [3.63, 3.8) is 0 Å². The van der Waals surface area contributed by atoms with Gasteiger partial charge in [0.1, 0.15) is 0 Å². The van der Waals surface area contributed by atoms with E-state index in [-0.39, 0.29) is 11.8 Å². The molecular weight excluding hydrogens is 268 g/mol. The van der Waals surface area contributed by atoms with Crippen LogP contribution in [-0.2, 0) is 16.0 Å². The molecule has 6 nitrogen and oxygen atoms in total. The van der Waals surface area contributed by atoms with Gasteiger partial charge in [-0.2, -0.15) is 0 Å². The van der Waals surface area contributed by atoms with Crippen molar-refractivity contribution in [2.75, 3.05) is 45.1 Å². The topological polar surface area (TPSA) is 73.5 Å². The first kappa shape index (κ1) is 15.5. The fourth-order valence-electron chi connectivity index (χ4n) is 2.25. The monoisotopic (exact) mass is 290 g/mol. The number of anilines is 1. The third kappa shape index (κ3) is 5.17. The van der Waals surface area contributed by atoms with Crippen LogP contribution in [0.3, 0.4) is 0 Å². The van der Waals surface area contributed by atoms with Crippen molar-refractivity contribution < 1.29 is 9.59 Å². The number of likely N-dealkylation sites (N-methyl/N-ethyl adjacent to an activating group) is 1. The van der Waals surface area contributed by atoms with Crippen LogP contribution in [0.5, 0.6) is 0 Å². The summed E-state index contributed by atoms with van der Waals surface area (Å²) in [7, 11) is 1.62. The SMILES string of the molecule is CNC(=O)Cc1ccc(NC(=O)CN2CCNCC2)cc1. The van der Waals surface area contributed by atoms with Crippen LogP contribution in [0.2, 0.25) is 0 Å². The maximum atomic E-state index is 12.0. The Morgan fingerprint density at radius 1 is 1.14 bits per heavy atom. The Bertz CT molecular complexity index is 481. The minimum atomic E-state index is -0.0227. The van der Waals surface area contributed by atoms with E-state index in [0.29, 0.717) is 13.0 Å². The van der Waals surface area contributed by atoms with E-state index in [9.17, 15) is 9.59 Å². The van der Waals surface area contributed by atoms with E-state index in [1.807, 2.05) is 24.3 Å². The molecule has 0 aliphatic carbocycles. The zero-order valence-corrected chi connectivity index (χ0v) is 12.3. The van der Waals surface area contributed by atoms with Crippen molar-refractivity contribution in [1.82, 2.24) is 15.5 Å². The van der Waals surface area contributed by atoms with Crippen molar-refractivity contribution in [1.29, 1.82) is 0 Å². The molecule has 1 fully saturated rings. The van der Waals surface area contributed by atoms with Gasteiger partial charge >= 0.3 is 0 Å². The Hall–Kier alpha value is -1.92. The number of piperazine rings is 1. The van der Waals surface area contributed by atoms with E-state index in [1.165, 1.54) is 0 Å². The molecule has 1 aliphatic heterocycles. The molecule has 0 saturated carbocycles. The van der Waals surface area contributed by atoms with Crippen LogP contribution < -0.4 is 16.0 Å². The van der Waals surface area contributed by atoms with Crippen molar-refractivity contribution >= 4 is 17.5 Å². The number of rotatable bonds is 5. The number of nitrogens with zero attached hydrogens (tertiary/aromatic N) is 1. The zero-order valence-electron chi connectivity index (χ0n) is 12.3. The molecule has 6 heteroatoms. The molecule has 0 spiro atoms. The quantitative estimate of drug-likeness (QED) is 0.703. The Morgan fingerprint density at radius 2 is 1.81 bits per heavy atom. The van der Waals surface area contributed by atoms with Gasteiger partial charge in [-0.05, 0) is 17.7 Å². The number of carbonyl (C=O) groups is 2. The lowest BCUT2D eigenvalue weighted by Crippen LogP contribution is -2.46. The van der Waals surface area contributed by atoms with Gasteiger partial charge in [0.25, 0.3) is 0 Å². The average Bonchev–Trinajstić information content (AvgIpc) is 2.50. The van der Waals surface area contributed by atoms with Gasteiger partial charge in [0.2, 0.25) is 11.8 Å². The first-order valence-corrected chi connectivity index (χ1v) is 7.20. The van der Waals surface area contributed by atoms with Gasteiger partial charge in [-0.25, -0.2) is 0 Å². The second-order valence-corrected chi connectivity index (χ2v) is 5.12. The molecule has 2 rings (SSSR count). The molecule has 0 radical (unpaired) electrons. The van der Waals surface area contributed by atoms with Gasteiger partial charge in [0.05, 0.1) is 13.0 Å². The minimum Gasteiger partial charge on any atom is -0.359 e. The molecule has 0 bridgehead atoms. The maximum absolute atomic E-state index is 12.0. The van der Waals surface area contributed by atoms with Crippen molar-refractivity contribution in [2.24, 2.45) is 0 Å². The fraction of sp³-hybridized carbons (Fsp3) is 0.467. The third-order valence-corrected chi connectivity index (χ3v) is 3.46. The van der Waals surface area contributed by atoms with Gasteiger partial charge in [-0.15, -0.1) is 0 Å². The summed E-state index contributed by atoms with van der Waals surface area (Å²) in [4.78, 5) is 25.4.